The number of halogens is 1. The topological polar surface area (TPSA) is 26.8 Å². The summed E-state index contributed by atoms with van der Waals surface area (Å²) in [5, 5.41) is 3.05. The van der Waals surface area contributed by atoms with Crippen LogP contribution in [0, 0.1) is 0 Å². The van der Waals surface area contributed by atoms with E-state index >= 15 is 0 Å². The third-order valence-electron chi connectivity index (χ3n) is 5.94. The number of likely N-dealkylation sites (tertiary alicyclic amines) is 1. The Balaban J connectivity index is 1.30. The van der Waals surface area contributed by atoms with Crippen molar-refractivity contribution in [2.24, 2.45) is 0 Å². The maximum Gasteiger partial charge on any atom is 0.224 e. The highest BCUT2D eigenvalue weighted by Gasteiger charge is 2.22. The quantitative estimate of drug-likeness (QED) is 0.667. The zero-order valence-electron chi connectivity index (χ0n) is 17.0. The molecular formula is C23H30ClN3OS. The lowest BCUT2D eigenvalue weighted by Crippen LogP contribution is -2.32. The molecule has 2 aromatic rings. The van der Waals surface area contributed by atoms with Crippen LogP contribution in [0.3, 0.4) is 0 Å². The van der Waals surface area contributed by atoms with E-state index in [0.29, 0.717) is 13.0 Å². The van der Waals surface area contributed by atoms with E-state index in [2.05, 4.69) is 21.2 Å². The van der Waals surface area contributed by atoms with Crippen LogP contribution in [0.5, 0.6) is 0 Å². The number of amides is 1. The Morgan fingerprint density at radius 1 is 0.897 bits per heavy atom. The SMILES string of the molecule is O=C1CCN(Cc2cc(CN3CCCCC3)cs2)CCN1Cc1ccccc1Cl. The number of hydrogen-bond acceptors (Lipinski definition) is 4. The molecule has 0 N–H and O–H groups in total. The molecule has 4 nitrogen and oxygen atoms in total. The lowest BCUT2D eigenvalue weighted by atomic mass is 10.1. The van der Waals surface area contributed by atoms with Gasteiger partial charge in [-0.05, 0) is 54.6 Å². The molecule has 6 heteroatoms. The molecule has 1 aromatic heterocycles. The first-order chi connectivity index (χ1) is 14.2. The average Bonchev–Trinajstić information content (AvgIpc) is 3.09. The van der Waals surface area contributed by atoms with Crippen LogP contribution in [-0.2, 0) is 24.4 Å². The summed E-state index contributed by atoms with van der Waals surface area (Å²) >= 11 is 8.15. The summed E-state index contributed by atoms with van der Waals surface area (Å²) in [4.78, 5) is 21.0. The number of thiophene rings is 1. The fraction of sp³-hybridized carbons (Fsp3) is 0.522. The standard InChI is InChI=1S/C23H30ClN3OS/c24-22-7-3-2-6-20(22)16-27-13-12-26(11-8-23(27)28)17-21-14-19(18-29-21)15-25-9-4-1-5-10-25/h2-3,6-7,14,18H,1,4-5,8-13,15-17H2. The fourth-order valence-electron chi connectivity index (χ4n) is 4.26. The molecule has 1 amide bonds. The van der Waals surface area contributed by atoms with Crippen molar-refractivity contribution in [1.82, 2.24) is 14.7 Å². The number of piperidine rings is 1. The van der Waals surface area contributed by atoms with Crippen molar-refractivity contribution >= 4 is 28.8 Å². The minimum Gasteiger partial charge on any atom is -0.337 e. The number of carbonyl (C=O) groups excluding carboxylic acids is 1. The van der Waals surface area contributed by atoms with E-state index in [0.717, 1.165) is 43.3 Å². The Kier molecular flexibility index (Phi) is 7.24. The molecule has 29 heavy (non-hydrogen) atoms. The molecule has 0 aliphatic carbocycles. The summed E-state index contributed by atoms with van der Waals surface area (Å²) in [5.41, 5.74) is 2.47. The van der Waals surface area contributed by atoms with Crippen LogP contribution < -0.4 is 0 Å². The highest BCUT2D eigenvalue weighted by atomic mass is 35.5. The van der Waals surface area contributed by atoms with Gasteiger partial charge in [-0.15, -0.1) is 11.3 Å². The van der Waals surface area contributed by atoms with Crippen molar-refractivity contribution in [3.8, 4) is 0 Å². The maximum atomic E-state index is 12.6. The molecule has 2 fully saturated rings. The van der Waals surface area contributed by atoms with Crippen molar-refractivity contribution in [2.45, 2.75) is 45.3 Å². The van der Waals surface area contributed by atoms with Crippen molar-refractivity contribution in [3.05, 3.63) is 56.7 Å². The van der Waals surface area contributed by atoms with Gasteiger partial charge in [0.1, 0.15) is 0 Å². The van der Waals surface area contributed by atoms with Crippen molar-refractivity contribution in [2.75, 3.05) is 32.7 Å². The summed E-state index contributed by atoms with van der Waals surface area (Å²) < 4.78 is 0. The molecule has 4 rings (SSSR count). The van der Waals surface area contributed by atoms with Crippen LogP contribution in [0.25, 0.3) is 0 Å². The lowest BCUT2D eigenvalue weighted by molar-refractivity contribution is -0.130. The van der Waals surface area contributed by atoms with E-state index in [1.807, 2.05) is 40.5 Å². The predicted molar refractivity (Wildman–Crippen MR) is 120 cm³/mol. The van der Waals surface area contributed by atoms with E-state index in [4.69, 9.17) is 11.6 Å². The normalized spacial score (nSPS) is 19.5. The molecule has 3 heterocycles. The van der Waals surface area contributed by atoms with Crippen molar-refractivity contribution in [1.29, 1.82) is 0 Å². The molecule has 0 spiro atoms. The first kappa shape index (κ1) is 20.9. The second-order valence-electron chi connectivity index (χ2n) is 8.19. The minimum atomic E-state index is 0.226. The zero-order valence-corrected chi connectivity index (χ0v) is 18.6. The van der Waals surface area contributed by atoms with Gasteiger partial charge in [0.2, 0.25) is 5.91 Å². The summed E-state index contributed by atoms with van der Waals surface area (Å²) in [5.74, 6) is 0.226. The van der Waals surface area contributed by atoms with Crippen LogP contribution in [0.15, 0.2) is 35.7 Å². The minimum absolute atomic E-state index is 0.226. The molecule has 2 aliphatic heterocycles. The highest BCUT2D eigenvalue weighted by Crippen LogP contribution is 2.22. The van der Waals surface area contributed by atoms with E-state index in [1.54, 1.807) is 0 Å². The molecule has 0 atom stereocenters. The Morgan fingerprint density at radius 3 is 2.52 bits per heavy atom. The summed E-state index contributed by atoms with van der Waals surface area (Å²) in [6.07, 6.45) is 4.63. The smallest absolute Gasteiger partial charge is 0.224 e. The van der Waals surface area contributed by atoms with Crippen LogP contribution in [-0.4, -0.2) is 53.3 Å². The number of nitrogens with zero attached hydrogens (tertiary/aromatic N) is 3. The molecule has 2 saturated heterocycles. The second kappa shape index (κ2) is 10.1. The highest BCUT2D eigenvalue weighted by molar-refractivity contribution is 7.10. The summed E-state index contributed by atoms with van der Waals surface area (Å²) in [6.45, 7) is 7.61. The average molecular weight is 432 g/mol. The predicted octanol–water partition coefficient (Wildman–Crippen LogP) is 4.62. The second-order valence-corrected chi connectivity index (χ2v) is 9.59. The van der Waals surface area contributed by atoms with Gasteiger partial charge in [0, 0.05) is 55.6 Å². The Bertz CT molecular complexity index is 818. The van der Waals surface area contributed by atoms with Gasteiger partial charge in [0.25, 0.3) is 0 Å². The maximum absolute atomic E-state index is 12.6. The van der Waals surface area contributed by atoms with Gasteiger partial charge < -0.3 is 4.90 Å². The monoisotopic (exact) mass is 431 g/mol. The van der Waals surface area contributed by atoms with Crippen LogP contribution >= 0.6 is 22.9 Å². The first-order valence-corrected chi connectivity index (χ1v) is 12.0. The summed E-state index contributed by atoms with van der Waals surface area (Å²) in [7, 11) is 0. The third kappa shape index (κ3) is 5.82. The molecule has 0 bridgehead atoms. The fourth-order valence-corrected chi connectivity index (χ4v) is 5.37. The van der Waals surface area contributed by atoms with Crippen LogP contribution in [0.4, 0.5) is 0 Å². The first-order valence-electron chi connectivity index (χ1n) is 10.7. The van der Waals surface area contributed by atoms with Crippen molar-refractivity contribution in [3.63, 3.8) is 0 Å². The van der Waals surface area contributed by atoms with Gasteiger partial charge in [0.15, 0.2) is 0 Å². The van der Waals surface area contributed by atoms with Gasteiger partial charge >= 0.3 is 0 Å². The van der Waals surface area contributed by atoms with E-state index < -0.39 is 0 Å². The molecule has 156 valence electrons. The molecule has 0 saturated carbocycles. The van der Waals surface area contributed by atoms with Crippen LogP contribution in [0.2, 0.25) is 5.02 Å². The molecule has 0 unspecified atom stereocenters. The molecule has 1 aromatic carbocycles. The number of carbonyl (C=O) groups is 1. The Labute approximate surface area is 183 Å². The zero-order chi connectivity index (χ0) is 20.1. The third-order valence-corrected chi connectivity index (χ3v) is 7.28. The molecule has 0 radical (unpaired) electrons. The van der Waals surface area contributed by atoms with Crippen molar-refractivity contribution < 1.29 is 4.79 Å². The number of benzene rings is 1. The number of rotatable bonds is 6. The van der Waals surface area contributed by atoms with Gasteiger partial charge in [-0.1, -0.05) is 36.2 Å². The largest absolute Gasteiger partial charge is 0.337 e. The Hall–Kier alpha value is -1.40. The van der Waals surface area contributed by atoms with Gasteiger partial charge in [-0.3, -0.25) is 14.6 Å². The lowest BCUT2D eigenvalue weighted by Gasteiger charge is -2.25. The summed E-state index contributed by atoms with van der Waals surface area (Å²) in [6, 6.07) is 10.2. The number of hydrogen-bond donors (Lipinski definition) is 0. The molecule has 2 aliphatic rings. The van der Waals surface area contributed by atoms with Gasteiger partial charge in [-0.25, -0.2) is 0 Å². The van der Waals surface area contributed by atoms with Crippen LogP contribution in [0.1, 0.15) is 41.7 Å². The van der Waals surface area contributed by atoms with Gasteiger partial charge in [-0.2, -0.15) is 0 Å². The van der Waals surface area contributed by atoms with E-state index in [9.17, 15) is 4.79 Å². The van der Waals surface area contributed by atoms with E-state index in [-0.39, 0.29) is 5.91 Å². The molecular weight excluding hydrogens is 402 g/mol. The van der Waals surface area contributed by atoms with E-state index in [1.165, 1.54) is 42.8 Å². The van der Waals surface area contributed by atoms with Gasteiger partial charge in [0.05, 0.1) is 0 Å². The Morgan fingerprint density at radius 2 is 1.69 bits per heavy atom.